The van der Waals surface area contributed by atoms with E-state index in [9.17, 15) is 14.9 Å². The lowest BCUT2D eigenvalue weighted by molar-refractivity contribution is -0.385. The van der Waals surface area contributed by atoms with Crippen molar-refractivity contribution in [3.05, 3.63) is 33.9 Å². The van der Waals surface area contributed by atoms with E-state index in [0.717, 1.165) is 0 Å². The highest BCUT2D eigenvalue weighted by molar-refractivity contribution is 5.95. The number of carbonyl (C=O) groups excluding carboxylic acids is 1. The Morgan fingerprint density at radius 2 is 2.38 bits per heavy atom. The van der Waals surface area contributed by atoms with E-state index >= 15 is 0 Å². The summed E-state index contributed by atoms with van der Waals surface area (Å²) in [7, 11) is 1.34. The fourth-order valence-corrected chi connectivity index (χ4v) is 2.19. The standard InChI is InChI=1S/C13H17N3O5/c1-20-12-3-2-9(6-11(12)16(18)19)13(17)15-4-5-21-10(7-14)8-15/h2-3,6,10H,4-5,7-8,14H2,1H3. The van der Waals surface area contributed by atoms with Crippen molar-refractivity contribution in [3.63, 3.8) is 0 Å². The lowest BCUT2D eigenvalue weighted by Gasteiger charge is -2.32. The van der Waals surface area contributed by atoms with Crippen LogP contribution in [-0.4, -0.2) is 55.2 Å². The van der Waals surface area contributed by atoms with Gasteiger partial charge in [0.15, 0.2) is 5.75 Å². The van der Waals surface area contributed by atoms with Crippen LogP contribution in [0, 0.1) is 10.1 Å². The number of methoxy groups -OCH3 is 1. The van der Waals surface area contributed by atoms with Gasteiger partial charge in [0.25, 0.3) is 5.91 Å². The van der Waals surface area contributed by atoms with Gasteiger partial charge in [0.1, 0.15) is 0 Å². The van der Waals surface area contributed by atoms with Crippen molar-refractivity contribution in [2.45, 2.75) is 6.10 Å². The van der Waals surface area contributed by atoms with Crippen molar-refractivity contribution in [3.8, 4) is 5.75 Å². The number of rotatable bonds is 4. The predicted molar refractivity (Wildman–Crippen MR) is 74.3 cm³/mol. The first-order chi connectivity index (χ1) is 10.1. The summed E-state index contributed by atoms with van der Waals surface area (Å²) >= 11 is 0. The summed E-state index contributed by atoms with van der Waals surface area (Å²) in [6.07, 6.45) is -0.198. The molecule has 2 N–H and O–H groups in total. The molecule has 8 nitrogen and oxygen atoms in total. The Kier molecular flexibility index (Phi) is 4.71. The Bertz CT molecular complexity index is 549. The van der Waals surface area contributed by atoms with Gasteiger partial charge in [-0.2, -0.15) is 0 Å². The number of nitrogens with zero attached hydrogens (tertiary/aromatic N) is 2. The minimum atomic E-state index is -0.572. The lowest BCUT2D eigenvalue weighted by atomic mass is 10.1. The van der Waals surface area contributed by atoms with E-state index in [0.29, 0.717) is 26.2 Å². The Hall–Kier alpha value is -2.19. The number of ether oxygens (including phenoxy) is 2. The van der Waals surface area contributed by atoms with Gasteiger partial charge in [0, 0.05) is 31.3 Å². The molecule has 0 radical (unpaired) electrons. The molecule has 1 heterocycles. The number of hydrogen-bond donors (Lipinski definition) is 1. The van der Waals surface area contributed by atoms with Crippen LogP contribution in [-0.2, 0) is 4.74 Å². The van der Waals surface area contributed by atoms with Gasteiger partial charge in [-0.25, -0.2) is 0 Å². The van der Waals surface area contributed by atoms with Gasteiger partial charge >= 0.3 is 5.69 Å². The number of amides is 1. The molecule has 1 fully saturated rings. The largest absolute Gasteiger partial charge is 0.490 e. The van der Waals surface area contributed by atoms with E-state index in [1.807, 2.05) is 0 Å². The molecule has 0 aromatic heterocycles. The summed E-state index contributed by atoms with van der Waals surface area (Å²) in [5, 5.41) is 11.0. The average Bonchev–Trinajstić information content (AvgIpc) is 2.53. The second-order valence-electron chi connectivity index (χ2n) is 4.62. The van der Waals surface area contributed by atoms with Crippen molar-refractivity contribution in [1.29, 1.82) is 0 Å². The van der Waals surface area contributed by atoms with Gasteiger partial charge in [0.05, 0.1) is 24.7 Å². The molecule has 0 aliphatic carbocycles. The number of nitrogens with two attached hydrogens (primary N) is 1. The Morgan fingerprint density at radius 1 is 1.62 bits per heavy atom. The third kappa shape index (κ3) is 3.29. The van der Waals surface area contributed by atoms with E-state index in [1.165, 1.54) is 25.3 Å². The van der Waals surface area contributed by atoms with Crippen molar-refractivity contribution < 1.29 is 19.2 Å². The Morgan fingerprint density at radius 3 is 3.00 bits per heavy atom. The molecule has 8 heteroatoms. The molecule has 0 spiro atoms. The van der Waals surface area contributed by atoms with Crippen molar-refractivity contribution >= 4 is 11.6 Å². The topological polar surface area (TPSA) is 108 Å². The molecule has 21 heavy (non-hydrogen) atoms. The van der Waals surface area contributed by atoms with Gasteiger partial charge in [-0.15, -0.1) is 0 Å². The van der Waals surface area contributed by atoms with Gasteiger partial charge in [-0.1, -0.05) is 0 Å². The summed E-state index contributed by atoms with van der Waals surface area (Å²) in [5.74, 6) is -0.152. The molecule has 1 unspecified atom stereocenters. The normalized spacial score (nSPS) is 18.4. The van der Waals surface area contributed by atoms with E-state index in [1.54, 1.807) is 4.90 Å². The van der Waals surface area contributed by atoms with Crippen LogP contribution in [0.3, 0.4) is 0 Å². The zero-order chi connectivity index (χ0) is 15.4. The zero-order valence-electron chi connectivity index (χ0n) is 11.7. The number of benzene rings is 1. The first-order valence-corrected chi connectivity index (χ1v) is 6.50. The summed E-state index contributed by atoms with van der Waals surface area (Å²) in [4.78, 5) is 24.4. The van der Waals surface area contributed by atoms with Gasteiger partial charge < -0.3 is 20.1 Å². The molecule has 1 atom stereocenters. The second kappa shape index (κ2) is 6.51. The second-order valence-corrected chi connectivity index (χ2v) is 4.62. The van der Waals surface area contributed by atoms with Crippen LogP contribution in [0.4, 0.5) is 5.69 Å². The molecule has 1 aromatic rings. The number of nitro benzene ring substituents is 1. The van der Waals surface area contributed by atoms with Crippen LogP contribution in [0.15, 0.2) is 18.2 Å². The first kappa shape index (κ1) is 15.2. The fraction of sp³-hybridized carbons (Fsp3) is 0.462. The Balaban J connectivity index is 2.23. The predicted octanol–water partition coefficient (Wildman–Crippen LogP) is 0.403. The van der Waals surface area contributed by atoms with Crippen LogP contribution in [0.2, 0.25) is 0 Å². The highest BCUT2D eigenvalue weighted by Gasteiger charge is 2.26. The van der Waals surface area contributed by atoms with Crippen LogP contribution in [0.5, 0.6) is 5.75 Å². The van der Waals surface area contributed by atoms with Crippen LogP contribution >= 0.6 is 0 Å². The number of hydrogen-bond acceptors (Lipinski definition) is 6. The molecular weight excluding hydrogens is 278 g/mol. The van der Waals surface area contributed by atoms with Crippen molar-refractivity contribution in [1.82, 2.24) is 4.90 Å². The number of morpholine rings is 1. The van der Waals surface area contributed by atoms with Crippen LogP contribution in [0.25, 0.3) is 0 Å². The quantitative estimate of drug-likeness (QED) is 0.636. The molecule has 0 saturated carbocycles. The van der Waals surface area contributed by atoms with Crippen molar-refractivity contribution in [2.24, 2.45) is 5.73 Å². The van der Waals surface area contributed by atoms with Crippen LogP contribution in [0.1, 0.15) is 10.4 Å². The number of carbonyl (C=O) groups is 1. The molecule has 1 aliphatic rings. The minimum Gasteiger partial charge on any atom is -0.490 e. The van der Waals surface area contributed by atoms with Gasteiger partial charge in [0.2, 0.25) is 0 Å². The summed E-state index contributed by atoms with van der Waals surface area (Å²) in [6.45, 7) is 1.56. The summed E-state index contributed by atoms with van der Waals surface area (Å²) < 4.78 is 10.3. The van der Waals surface area contributed by atoms with Gasteiger partial charge in [-0.05, 0) is 12.1 Å². The maximum Gasteiger partial charge on any atom is 0.311 e. The molecule has 1 amide bonds. The molecule has 1 saturated heterocycles. The third-order valence-corrected chi connectivity index (χ3v) is 3.31. The van der Waals surface area contributed by atoms with E-state index < -0.39 is 4.92 Å². The highest BCUT2D eigenvalue weighted by atomic mass is 16.6. The third-order valence-electron chi connectivity index (χ3n) is 3.31. The molecular formula is C13H17N3O5. The molecule has 1 aliphatic heterocycles. The van der Waals surface area contributed by atoms with Crippen LogP contribution < -0.4 is 10.5 Å². The van der Waals surface area contributed by atoms with E-state index in [4.69, 9.17) is 15.2 Å². The molecule has 0 bridgehead atoms. The monoisotopic (exact) mass is 295 g/mol. The zero-order valence-corrected chi connectivity index (χ0v) is 11.7. The molecule has 1 aromatic carbocycles. The smallest absolute Gasteiger partial charge is 0.311 e. The average molecular weight is 295 g/mol. The Labute approximate surface area is 121 Å². The maximum absolute atomic E-state index is 12.4. The molecule has 2 rings (SSSR count). The molecule has 114 valence electrons. The lowest BCUT2D eigenvalue weighted by Crippen LogP contribution is -2.48. The highest BCUT2D eigenvalue weighted by Crippen LogP contribution is 2.28. The number of nitro groups is 1. The maximum atomic E-state index is 12.4. The minimum absolute atomic E-state index is 0.123. The van der Waals surface area contributed by atoms with E-state index in [2.05, 4.69) is 0 Å². The fourth-order valence-electron chi connectivity index (χ4n) is 2.19. The first-order valence-electron chi connectivity index (χ1n) is 6.50. The van der Waals surface area contributed by atoms with Gasteiger partial charge in [-0.3, -0.25) is 14.9 Å². The summed E-state index contributed by atoms with van der Waals surface area (Å²) in [5.41, 5.74) is 5.56. The van der Waals surface area contributed by atoms with Crippen molar-refractivity contribution in [2.75, 3.05) is 33.4 Å². The SMILES string of the molecule is COc1ccc(C(=O)N2CCOC(CN)C2)cc1[N+](=O)[O-]. The van der Waals surface area contributed by atoms with E-state index in [-0.39, 0.29) is 29.0 Å². The summed E-state index contributed by atoms with van der Waals surface area (Å²) in [6, 6.07) is 4.17.